The summed E-state index contributed by atoms with van der Waals surface area (Å²) < 4.78 is 5.04. The van der Waals surface area contributed by atoms with Gasteiger partial charge in [-0.3, -0.25) is 5.32 Å². The summed E-state index contributed by atoms with van der Waals surface area (Å²) in [4.78, 5) is 22.4. The van der Waals surface area contributed by atoms with Crippen LogP contribution in [-0.4, -0.2) is 22.8 Å². The van der Waals surface area contributed by atoms with E-state index in [0.717, 1.165) is 0 Å². The molecule has 0 saturated heterocycles. The highest BCUT2D eigenvalue weighted by atomic mass is 16.6. The summed E-state index contributed by atoms with van der Waals surface area (Å²) in [6.45, 7) is 5.13. The monoisotopic (exact) mass is 262 g/mol. The lowest BCUT2D eigenvalue weighted by atomic mass is 10.1. The van der Waals surface area contributed by atoms with Gasteiger partial charge in [0, 0.05) is 5.69 Å². The Morgan fingerprint density at radius 1 is 1.32 bits per heavy atom. The van der Waals surface area contributed by atoms with Crippen molar-refractivity contribution in [1.82, 2.24) is 0 Å². The molecule has 0 bridgehead atoms. The highest BCUT2D eigenvalue weighted by molar-refractivity contribution is 5.92. The van der Waals surface area contributed by atoms with Crippen molar-refractivity contribution in [3.05, 3.63) is 29.3 Å². The highest BCUT2D eigenvalue weighted by Crippen LogP contribution is 2.16. The summed E-state index contributed by atoms with van der Waals surface area (Å²) in [5.41, 5.74) is -0.395. The minimum Gasteiger partial charge on any atom is -0.478 e. The Hall–Kier alpha value is -2.55. The number of carboxylic acid groups (broad SMARTS) is 1. The van der Waals surface area contributed by atoms with Gasteiger partial charge >= 0.3 is 12.1 Å². The second-order valence-electron chi connectivity index (χ2n) is 4.84. The van der Waals surface area contributed by atoms with Crippen LogP contribution in [0.5, 0.6) is 0 Å². The number of carbonyl (C=O) groups excluding carboxylic acids is 1. The van der Waals surface area contributed by atoms with Crippen LogP contribution in [0.2, 0.25) is 0 Å². The van der Waals surface area contributed by atoms with Gasteiger partial charge in [0.15, 0.2) is 0 Å². The third-order valence-corrected chi connectivity index (χ3v) is 1.95. The zero-order chi connectivity index (χ0) is 14.6. The summed E-state index contributed by atoms with van der Waals surface area (Å²) in [6.07, 6.45) is -0.709. The molecule has 0 aliphatic carbocycles. The van der Waals surface area contributed by atoms with Crippen LogP contribution in [0.3, 0.4) is 0 Å². The molecule has 2 N–H and O–H groups in total. The van der Waals surface area contributed by atoms with E-state index in [9.17, 15) is 9.59 Å². The van der Waals surface area contributed by atoms with Gasteiger partial charge in [0.1, 0.15) is 5.60 Å². The van der Waals surface area contributed by atoms with E-state index in [2.05, 4.69) is 5.32 Å². The smallest absolute Gasteiger partial charge is 0.412 e. The fourth-order valence-corrected chi connectivity index (χ4v) is 1.31. The molecule has 6 nitrogen and oxygen atoms in total. The van der Waals surface area contributed by atoms with Gasteiger partial charge in [0.05, 0.1) is 17.2 Å². The van der Waals surface area contributed by atoms with Gasteiger partial charge in [-0.2, -0.15) is 5.26 Å². The normalized spacial score (nSPS) is 10.4. The number of aromatic carboxylic acids is 1. The number of carboxylic acids is 1. The minimum atomic E-state index is -1.18. The first-order valence-corrected chi connectivity index (χ1v) is 5.50. The van der Waals surface area contributed by atoms with Gasteiger partial charge in [-0.15, -0.1) is 0 Å². The number of carbonyl (C=O) groups is 2. The molecule has 1 aromatic carbocycles. The lowest BCUT2D eigenvalue weighted by molar-refractivity contribution is 0.0632. The number of ether oxygens (including phenoxy) is 1. The topological polar surface area (TPSA) is 99.4 Å². The van der Waals surface area contributed by atoms with Gasteiger partial charge in [-0.05, 0) is 39.0 Å². The summed E-state index contributed by atoms with van der Waals surface area (Å²) in [6, 6.07) is 5.68. The van der Waals surface area contributed by atoms with Crippen LogP contribution < -0.4 is 5.32 Å². The zero-order valence-corrected chi connectivity index (χ0v) is 10.9. The largest absolute Gasteiger partial charge is 0.478 e. The van der Waals surface area contributed by atoms with E-state index >= 15 is 0 Å². The molecule has 6 heteroatoms. The first kappa shape index (κ1) is 14.5. The van der Waals surface area contributed by atoms with Crippen LogP contribution in [0.4, 0.5) is 10.5 Å². The number of nitrogens with zero attached hydrogens (tertiary/aromatic N) is 1. The van der Waals surface area contributed by atoms with E-state index in [1.807, 2.05) is 6.07 Å². The van der Waals surface area contributed by atoms with Crippen molar-refractivity contribution >= 4 is 17.7 Å². The molecule has 19 heavy (non-hydrogen) atoms. The minimum absolute atomic E-state index is 0.0786. The van der Waals surface area contributed by atoms with Crippen LogP contribution in [0.15, 0.2) is 18.2 Å². The van der Waals surface area contributed by atoms with Crippen molar-refractivity contribution in [2.24, 2.45) is 0 Å². The Morgan fingerprint density at radius 2 is 1.95 bits per heavy atom. The molecular formula is C13H14N2O4. The average Bonchev–Trinajstić information content (AvgIpc) is 2.25. The van der Waals surface area contributed by atoms with Crippen LogP contribution in [-0.2, 0) is 4.74 Å². The number of hydrogen-bond acceptors (Lipinski definition) is 4. The third kappa shape index (κ3) is 4.68. The number of rotatable bonds is 2. The number of nitriles is 1. The van der Waals surface area contributed by atoms with Gasteiger partial charge in [-0.25, -0.2) is 9.59 Å². The molecule has 0 aromatic heterocycles. The van der Waals surface area contributed by atoms with Crippen LogP contribution in [0, 0.1) is 11.3 Å². The third-order valence-electron chi connectivity index (χ3n) is 1.95. The highest BCUT2D eigenvalue weighted by Gasteiger charge is 2.17. The number of benzene rings is 1. The first-order valence-electron chi connectivity index (χ1n) is 5.50. The summed E-state index contributed by atoms with van der Waals surface area (Å²) >= 11 is 0. The molecule has 0 unspecified atom stereocenters. The van der Waals surface area contributed by atoms with Gasteiger partial charge in [-0.1, -0.05) is 0 Å². The molecule has 1 rings (SSSR count). The standard InChI is InChI=1S/C13H14N2O4/c1-13(2,3)19-12(18)15-10-5-8(7-14)4-9(6-10)11(16)17/h4-6H,1-3H3,(H,15,18)(H,16,17). The fourth-order valence-electron chi connectivity index (χ4n) is 1.31. The Labute approximate surface area is 110 Å². The molecule has 0 saturated carbocycles. The molecule has 100 valence electrons. The van der Waals surface area contributed by atoms with Crippen LogP contribution >= 0.6 is 0 Å². The van der Waals surface area contributed by atoms with Crippen molar-refractivity contribution in [3.63, 3.8) is 0 Å². The maximum Gasteiger partial charge on any atom is 0.412 e. The van der Waals surface area contributed by atoms with Crippen molar-refractivity contribution in [3.8, 4) is 6.07 Å². The van der Waals surface area contributed by atoms with Crippen molar-refractivity contribution in [1.29, 1.82) is 5.26 Å². The average molecular weight is 262 g/mol. The first-order chi connectivity index (χ1) is 8.71. The van der Waals surface area contributed by atoms with Crippen molar-refractivity contribution in [2.45, 2.75) is 26.4 Å². The number of hydrogen-bond donors (Lipinski definition) is 2. The Morgan fingerprint density at radius 3 is 2.42 bits per heavy atom. The van der Waals surface area contributed by atoms with Crippen LogP contribution in [0.25, 0.3) is 0 Å². The van der Waals surface area contributed by atoms with E-state index in [1.165, 1.54) is 18.2 Å². The van der Waals surface area contributed by atoms with E-state index in [1.54, 1.807) is 20.8 Å². The van der Waals surface area contributed by atoms with Crippen molar-refractivity contribution < 1.29 is 19.4 Å². The Bertz CT molecular complexity index is 553. The van der Waals surface area contributed by atoms with Gasteiger partial charge in [0.25, 0.3) is 0 Å². The van der Waals surface area contributed by atoms with E-state index < -0.39 is 17.7 Å². The molecule has 0 atom stereocenters. The number of anilines is 1. The van der Waals surface area contributed by atoms with E-state index in [0.29, 0.717) is 0 Å². The zero-order valence-electron chi connectivity index (χ0n) is 10.9. The molecule has 1 amide bonds. The van der Waals surface area contributed by atoms with E-state index in [4.69, 9.17) is 15.1 Å². The molecular weight excluding hydrogens is 248 g/mol. The molecule has 0 heterocycles. The summed E-state index contributed by atoms with van der Waals surface area (Å²) in [5, 5.41) is 20.1. The molecule has 0 fully saturated rings. The molecule has 0 aliphatic rings. The summed E-state index contributed by atoms with van der Waals surface area (Å²) in [7, 11) is 0. The predicted octanol–water partition coefficient (Wildman–Crippen LogP) is 2.60. The summed E-state index contributed by atoms with van der Waals surface area (Å²) in [5.74, 6) is -1.18. The molecule has 0 radical (unpaired) electrons. The Balaban J connectivity index is 2.96. The number of nitrogens with one attached hydrogen (secondary N) is 1. The lowest BCUT2D eigenvalue weighted by Crippen LogP contribution is -2.27. The molecule has 0 spiro atoms. The fraction of sp³-hybridized carbons (Fsp3) is 0.308. The SMILES string of the molecule is CC(C)(C)OC(=O)Nc1cc(C#N)cc(C(=O)O)c1. The van der Waals surface area contributed by atoms with Crippen LogP contribution in [0.1, 0.15) is 36.7 Å². The maximum absolute atomic E-state index is 11.5. The van der Waals surface area contributed by atoms with Gasteiger partial charge in [0.2, 0.25) is 0 Å². The lowest BCUT2D eigenvalue weighted by Gasteiger charge is -2.19. The Kier molecular flexibility index (Phi) is 4.12. The second kappa shape index (κ2) is 5.40. The van der Waals surface area contributed by atoms with Crippen molar-refractivity contribution in [2.75, 3.05) is 5.32 Å². The second-order valence-corrected chi connectivity index (χ2v) is 4.84. The predicted molar refractivity (Wildman–Crippen MR) is 68.0 cm³/mol. The van der Waals surface area contributed by atoms with Gasteiger partial charge < -0.3 is 9.84 Å². The number of amides is 1. The maximum atomic E-state index is 11.5. The molecule has 0 aliphatic heterocycles. The molecule has 1 aromatic rings. The van der Waals surface area contributed by atoms with E-state index in [-0.39, 0.29) is 16.8 Å². The quantitative estimate of drug-likeness (QED) is 0.853.